The minimum atomic E-state index is -4.05. The van der Waals surface area contributed by atoms with Gasteiger partial charge in [-0.1, -0.05) is 24.3 Å². The van der Waals surface area contributed by atoms with Gasteiger partial charge in [-0.2, -0.15) is 0 Å². The van der Waals surface area contributed by atoms with Crippen LogP contribution >= 0.6 is 11.8 Å². The first-order valence-corrected chi connectivity index (χ1v) is 13.7. The van der Waals surface area contributed by atoms with E-state index in [-0.39, 0.29) is 22.3 Å². The first-order valence-electron chi connectivity index (χ1n) is 11.2. The molecule has 0 bridgehead atoms. The van der Waals surface area contributed by atoms with Crippen LogP contribution in [-0.4, -0.2) is 48.1 Å². The summed E-state index contributed by atoms with van der Waals surface area (Å²) in [6, 6.07) is 17.7. The summed E-state index contributed by atoms with van der Waals surface area (Å²) in [4.78, 5) is 18.8. The summed E-state index contributed by atoms with van der Waals surface area (Å²) < 4.78 is 23.4. The molecular formula is C24H27N5O4S2. The van der Waals surface area contributed by atoms with Gasteiger partial charge in [-0.05, 0) is 48.7 Å². The molecule has 1 aliphatic rings. The number of nitro benzene ring substituents is 1. The molecule has 2 aromatic carbocycles. The lowest BCUT2D eigenvalue weighted by atomic mass is 10.0. The number of hydrogen-bond acceptors (Lipinski definition) is 8. The Morgan fingerprint density at radius 2 is 1.97 bits per heavy atom. The largest absolute Gasteiger partial charge is 0.376 e. The Morgan fingerprint density at radius 1 is 1.17 bits per heavy atom. The predicted octanol–water partition coefficient (Wildman–Crippen LogP) is 3.66. The van der Waals surface area contributed by atoms with Gasteiger partial charge in [0.05, 0.1) is 15.5 Å². The van der Waals surface area contributed by atoms with Crippen LogP contribution in [0.2, 0.25) is 0 Å². The van der Waals surface area contributed by atoms with Crippen LogP contribution in [0.4, 0.5) is 11.4 Å². The van der Waals surface area contributed by atoms with E-state index in [4.69, 9.17) is 5.14 Å². The molecule has 184 valence electrons. The monoisotopic (exact) mass is 513 g/mol. The second-order valence-corrected chi connectivity index (χ2v) is 11.0. The van der Waals surface area contributed by atoms with Crippen LogP contribution in [0.25, 0.3) is 0 Å². The quantitative estimate of drug-likeness (QED) is 0.239. The van der Waals surface area contributed by atoms with E-state index in [0.717, 1.165) is 49.1 Å². The van der Waals surface area contributed by atoms with Crippen molar-refractivity contribution in [3.05, 3.63) is 88.2 Å². The number of hydrogen-bond donors (Lipinski definition) is 2. The molecule has 4 rings (SSSR count). The first-order chi connectivity index (χ1) is 16.8. The van der Waals surface area contributed by atoms with E-state index in [1.165, 1.54) is 17.7 Å². The summed E-state index contributed by atoms with van der Waals surface area (Å²) in [5.41, 5.74) is 2.33. The fraction of sp³-hybridized carbons (Fsp3) is 0.292. The number of sulfonamides is 1. The Hall–Kier alpha value is -2.99. The zero-order valence-electron chi connectivity index (χ0n) is 19.0. The number of rotatable bonds is 10. The molecular weight excluding hydrogens is 486 g/mol. The third-order valence-electron chi connectivity index (χ3n) is 5.90. The van der Waals surface area contributed by atoms with E-state index in [9.17, 15) is 18.5 Å². The summed E-state index contributed by atoms with van der Waals surface area (Å²) in [5.74, 6) is 0.681. The lowest BCUT2D eigenvalue weighted by molar-refractivity contribution is -0.384. The molecule has 3 aromatic rings. The van der Waals surface area contributed by atoms with Gasteiger partial charge in [-0.3, -0.25) is 20.0 Å². The molecule has 0 saturated carbocycles. The van der Waals surface area contributed by atoms with E-state index in [0.29, 0.717) is 5.75 Å². The number of benzene rings is 2. The third kappa shape index (κ3) is 6.79. The summed E-state index contributed by atoms with van der Waals surface area (Å²) in [7, 11) is -4.05. The van der Waals surface area contributed by atoms with Crippen LogP contribution in [0.15, 0.2) is 76.7 Å². The van der Waals surface area contributed by atoms with Crippen LogP contribution < -0.4 is 10.5 Å². The van der Waals surface area contributed by atoms with Crippen molar-refractivity contribution >= 4 is 33.2 Å². The number of nitrogens with two attached hydrogens (primary N) is 1. The molecule has 0 radical (unpaired) electrons. The van der Waals surface area contributed by atoms with Crippen molar-refractivity contribution in [1.29, 1.82) is 0 Å². The molecule has 9 nitrogen and oxygen atoms in total. The Bertz CT molecular complexity index is 1290. The molecule has 1 aromatic heterocycles. The topological polar surface area (TPSA) is 131 Å². The number of thioether (sulfide) groups is 1. The van der Waals surface area contributed by atoms with Crippen LogP contribution in [-0.2, 0) is 23.0 Å². The van der Waals surface area contributed by atoms with Gasteiger partial charge in [-0.15, -0.1) is 11.8 Å². The van der Waals surface area contributed by atoms with Gasteiger partial charge >= 0.3 is 0 Å². The van der Waals surface area contributed by atoms with E-state index >= 15 is 0 Å². The normalized spacial score (nSPS) is 14.8. The van der Waals surface area contributed by atoms with Crippen LogP contribution in [0.3, 0.4) is 0 Å². The number of nitrogens with one attached hydrogen (secondary N) is 1. The van der Waals surface area contributed by atoms with Gasteiger partial charge in [0.2, 0.25) is 10.0 Å². The molecule has 1 atom stereocenters. The van der Waals surface area contributed by atoms with Gasteiger partial charge in [0, 0.05) is 48.6 Å². The highest BCUT2D eigenvalue weighted by Gasteiger charge is 2.23. The highest BCUT2D eigenvalue weighted by Crippen LogP contribution is 2.30. The smallest absolute Gasteiger partial charge is 0.293 e. The number of fused-ring (bicyclic) bond motifs is 1. The standard InChI is InChI=1S/C24H27N5O4S2/c25-35(32,33)21-8-9-22(24(15-21)29(30)31)27-19(17-34-20-6-2-1-3-7-20)11-14-28-13-10-18-5-4-12-26-23(18)16-28/h1-9,12,15,19,27H,10-11,13-14,16-17H2,(H2,25,32,33). The molecule has 0 spiro atoms. The average Bonchev–Trinajstić information content (AvgIpc) is 2.85. The first kappa shape index (κ1) is 25.1. The van der Waals surface area contributed by atoms with E-state index in [1.54, 1.807) is 11.8 Å². The highest BCUT2D eigenvalue weighted by molar-refractivity contribution is 7.99. The SMILES string of the molecule is NS(=O)(=O)c1ccc(NC(CCN2CCc3cccnc3C2)CSc2ccccc2)c([N+](=O)[O-])c1. The second kappa shape index (κ2) is 11.2. The summed E-state index contributed by atoms with van der Waals surface area (Å²) >= 11 is 1.67. The van der Waals surface area contributed by atoms with E-state index < -0.39 is 14.9 Å². The van der Waals surface area contributed by atoms with Crippen molar-refractivity contribution in [3.63, 3.8) is 0 Å². The number of aromatic nitrogens is 1. The number of primary sulfonamides is 1. The van der Waals surface area contributed by atoms with Crippen molar-refractivity contribution in [1.82, 2.24) is 9.88 Å². The molecule has 1 aliphatic heterocycles. The minimum Gasteiger partial charge on any atom is -0.376 e. The Balaban J connectivity index is 1.50. The van der Waals surface area contributed by atoms with Gasteiger partial charge < -0.3 is 5.32 Å². The van der Waals surface area contributed by atoms with Crippen molar-refractivity contribution in [3.8, 4) is 0 Å². The molecule has 11 heteroatoms. The van der Waals surface area contributed by atoms with Crippen molar-refractivity contribution < 1.29 is 13.3 Å². The Morgan fingerprint density at radius 3 is 2.71 bits per heavy atom. The molecule has 0 saturated heterocycles. The third-order valence-corrected chi connectivity index (χ3v) is 7.98. The summed E-state index contributed by atoms with van der Waals surface area (Å²) in [6.45, 7) is 2.50. The van der Waals surface area contributed by atoms with Gasteiger partial charge in [-0.25, -0.2) is 13.6 Å². The molecule has 35 heavy (non-hydrogen) atoms. The minimum absolute atomic E-state index is 0.0932. The van der Waals surface area contributed by atoms with Crippen molar-refractivity contribution in [2.24, 2.45) is 5.14 Å². The van der Waals surface area contributed by atoms with Gasteiger partial charge in [0.15, 0.2) is 0 Å². The van der Waals surface area contributed by atoms with Crippen molar-refractivity contribution in [2.75, 3.05) is 24.2 Å². The molecule has 0 amide bonds. The lowest BCUT2D eigenvalue weighted by Crippen LogP contribution is -2.35. The number of pyridine rings is 1. The Kier molecular flexibility index (Phi) is 8.01. The second-order valence-electron chi connectivity index (χ2n) is 8.37. The molecule has 2 heterocycles. The van der Waals surface area contributed by atoms with Gasteiger partial charge in [0.25, 0.3) is 5.69 Å². The molecule has 0 fully saturated rings. The zero-order chi connectivity index (χ0) is 24.8. The number of nitro groups is 1. The number of anilines is 1. The van der Waals surface area contributed by atoms with E-state index in [1.807, 2.05) is 42.6 Å². The van der Waals surface area contributed by atoms with E-state index in [2.05, 4.69) is 21.3 Å². The average molecular weight is 514 g/mol. The fourth-order valence-electron chi connectivity index (χ4n) is 4.03. The van der Waals surface area contributed by atoms with Crippen molar-refractivity contribution in [2.45, 2.75) is 35.2 Å². The lowest BCUT2D eigenvalue weighted by Gasteiger charge is -2.29. The molecule has 0 aliphatic carbocycles. The fourth-order valence-corrected chi connectivity index (χ4v) is 5.56. The maximum absolute atomic E-state index is 11.7. The maximum atomic E-state index is 11.7. The maximum Gasteiger partial charge on any atom is 0.293 e. The predicted molar refractivity (Wildman–Crippen MR) is 137 cm³/mol. The van der Waals surface area contributed by atoms with Crippen LogP contribution in [0.5, 0.6) is 0 Å². The highest BCUT2D eigenvalue weighted by atomic mass is 32.2. The molecule has 3 N–H and O–H groups in total. The van der Waals surface area contributed by atoms with Crippen LogP contribution in [0, 0.1) is 10.1 Å². The Labute approximate surface area is 209 Å². The summed E-state index contributed by atoms with van der Waals surface area (Å²) in [5, 5.41) is 20.2. The molecule has 1 unspecified atom stereocenters. The zero-order valence-corrected chi connectivity index (χ0v) is 20.7. The summed E-state index contributed by atoms with van der Waals surface area (Å²) in [6.07, 6.45) is 3.50. The number of nitrogens with zero attached hydrogens (tertiary/aromatic N) is 3. The van der Waals surface area contributed by atoms with Gasteiger partial charge in [0.1, 0.15) is 5.69 Å². The van der Waals surface area contributed by atoms with Crippen LogP contribution in [0.1, 0.15) is 17.7 Å².